The first-order chi connectivity index (χ1) is 8.58. The van der Waals surface area contributed by atoms with E-state index in [1.165, 1.54) is 31.4 Å². The average molecular weight is 313 g/mol. The van der Waals surface area contributed by atoms with Gasteiger partial charge < -0.3 is 5.73 Å². The van der Waals surface area contributed by atoms with Gasteiger partial charge in [-0.2, -0.15) is 0 Å². The van der Waals surface area contributed by atoms with Crippen molar-refractivity contribution in [3.8, 4) is 0 Å². The Morgan fingerprint density at radius 1 is 1.33 bits per heavy atom. The summed E-state index contributed by atoms with van der Waals surface area (Å²) in [5, 5.41) is 0. The maximum absolute atomic E-state index is 5.94. The molecule has 0 heterocycles. The van der Waals surface area contributed by atoms with Gasteiger partial charge in [-0.05, 0) is 59.9 Å². The van der Waals surface area contributed by atoms with Crippen LogP contribution in [-0.4, -0.2) is 17.5 Å². The van der Waals surface area contributed by atoms with Gasteiger partial charge in [0.2, 0.25) is 0 Å². The summed E-state index contributed by atoms with van der Waals surface area (Å²) in [5.74, 6) is 0. The van der Waals surface area contributed by atoms with Gasteiger partial charge in [-0.25, -0.2) is 0 Å². The van der Waals surface area contributed by atoms with Crippen molar-refractivity contribution in [2.45, 2.75) is 52.6 Å². The molecule has 1 atom stereocenters. The molecule has 3 heteroatoms. The third-order valence-corrected chi connectivity index (χ3v) is 4.18. The number of hydrogen-bond acceptors (Lipinski definition) is 2. The van der Waals surface area contributed by atoms with Crippen molar-refractivity contribution in [3.05, 3.63) is 28.2 Å². The molecule has 1 rings (SSSR count). The van der Waals surface area contributed by atoms with Crippen LogP contribution in [0.15, 0.2) is 22.7 Å². The second-order valence-corrected chi connectivity index (χ2v) is 5.79. The van der Waals surface area contributed by atoms with Gasteiger partial charge in [0.15, 0.2) is 0 Å². The van der Waals surface area contributed by atoms with E-state index in [-0.39, 0.29) is 0 Å². The molecule has 0 bridgehead atoms. The van der Waals surface area contributed by atoms with E-state index in [4.69, 9.17) is 5.73 Å². The minimum absolute atomic E-state index is 0.626. The standard InChI is InChI=1S/C15H25BrN2/c1-4-6-9-18(12(3)5-2)11-13-7-8-14(16)15(17)10-13/h7-8,10,12H,4-6,9,11,17H2,1-3H3. The molecule has 2 nitrogen and oxygen atoms in total. The molecule has 0 saturated carbocycles. The fourth-order valence-electron chi connectivity index (χ4n) is 2.00. The number of benzene rings is 1. The third-order valence-electron chi connectivity index (χ3n) is 3.46. The fourth-order valence-corrected chi connectivity index (χ4v) is 2.25. The van der Waals surface area contributed by atoms with Crippen molar-refractivity contribution in [1.82, 2.24) is 4.90 Å². The van der Waals surface area contributed by atoms with E-state index in [1.807, 2.05) is 6.07 Å². The minimum atomic E-state index is 0.626. The lowest BCUT2D eigenvalue weighted by atomic mass is 10.1. The van der Waals surface area contributed by atoms with E-state index >= 15 is 0 Å². The quantitative estimate of drug-likeness (QED) is 0.754. The largest absolute Gasteiger partial charge is 0.398 e. The molecule has 0 fully saturated rings. The Kier molecular flexibility index (Phi) is 6.72. The lowest BCUT2D eigenvalue weighted by Crippen LogP contribution is -2.33. The molecular formula is C15H25BrN2. The Balaban J connectivity index is 2.71. The Hall–Kier alpha value is -0.540. The highest BCUT2D eigenvalue weighted by Gasteiger charge is 2.12. The first-order valence-electron chi connectivity index (χ1n) is 6.86. The van der Waals surface area contributed by atoms with Crippen LogP contribution in [0.3, 0.4) is 0 Å². The number of nitrogen functional groups attached to an aromatic ring is 1. The van der Waals surface area contributed by atoms with E-state index < -0.39 is 0 Å². The van der Waals surface area contributed by atoms with Crippen molar-refractivity contribution in [1.29, 1.82) is 0 Å². The average Bonchev–Trinajstić information content (AvgIpc) is 2.37. The van der Waals surface area contributed by atoms with Crippen LogP contribution in [0.4, 0.5) is 5.69 Å². The van der Waals surface area contributed by atoms with Gasteiger partial charge >= 0.3 is 0 Å². The topological polar surface area (TPSA) is 29.3 Å². The van der Waals surface area contributed by atoms with Gasteiger partial charge in [-0.3, -0.25) is 4.90 Å². The van der Waals surface area contributed by atoms with Crippen molar-refractivity contribution in [2.24, 2.45) is 0 Å². The highest BCUT2D eigenvalue weighted by molar-refractivity contribution is 9.10. The van der Waals surface area contributed by atoms with E-state index in [9.17, 15) is 0 Å². The highest BCUT2D eigenvalue weighted by atomic mass is 79.9. The van der Waals surface area contributed by atoms with Gasteiger partial charge in [0.05, 0.1) is 0 Å². The van der Waals surface area contributed by atoms with Crippen LogP contribution in [0.25, 0.3) is 0 Å². The van der Waals surface area contributed by atoms with E-state index in [0.717, 1.165) is 16.7 Å². The predicted molar refractivity (Wildman–Crippen MR) is 83.6 cm³/mol. The van der Waals surface area contributed by atoms with Gasteiger partial charge in [-0.15, -0.1) is 0 Å². The Labute approximate surface area is 120 Å². The molecule has 0 aliphatic heterocycles. The monoisotopic (exact) mass is 312 g/mol. The van der Waals surface area contributed by atoms with Gasteiger partial charge in [-0.1, -0.05) is 26.3 Å². The van der Waals surface area contributed by atoms with Crippen LogP contribution in [0.2, 0.25) is 0 Å². The van der Waals surface area contributed by atoms with Crippen molar-refractivity contribution < 1.29 is 0 Å². The van der Waals surface area contributed by atoms with E-state index in [1.54, 1.807) is 0 Å². The Morgan fingerprint density at radius 3 is 2.61 bits per heavy atom. The summed E-state index contributed by atoms with van der Waals surface area (Å²) >= 11 is 3.44. The highest BCUT2D eigenvalue weighted by Crippen LogP contribution is 2.22. The molecule has 2 N–H and O–H groups in total. The van der Waals surface area contributed by atoms with Crippen LogP contribution < -0.4 is 5.73 Å². The number of halogens is 1. The number of rotatable bonds is 7. The summed E-state index contributed by atoms with van der Waals surface area (Å²) < 4.78 is 0.981. The molecule has 0 spiro atoms. The fraction of sp³-hybridized carbons (Fsp3) is 0.600. The molecular weight excluding hydrogens is 288 g/mol. The van der Waals surface area contributed by atoms with Gasteiger partial charge in [0, 0.05) is 22.7 Å². The molecule has 0 aliphatic carbocycles. The summed E-state index contributed by atoms with van der Waals surface area (Å²) in [6, 6.07) is 6.90. The van der Waals surface area contributed by atoms with Crippen molar-refractivity contribution in [2.75, 3.05) is 12.3 Å². The molecule has 0 radical (unpaired) electrons. The zero-order valence-electron chi connectivity index (χ0n) is 11.7. The van der Waals surface area contributed by atoms with Crippen LogP contribution in [0.5, 0.6) is 0 Å². The normalized spacial score (nSPS) is 12.9. The molecule has 102 valence electrons. The van der Waals surface area contributed by atoms with E-state index in [0.29, 0.717) is 6.04 Å². The number of hydrogen-bond donors (Lipinski definition) is 1. The summed E-state index contributed by atoms with van der Waals surface area (Å²) in [4.78, 5) is 2.55. The maximum atomic E-state index is 5.94. The molecule has 0 amide bonds. The predicted octanol–water partition coefficient (Wildman–Crippen LogP) is 4.43. The smallest absolute Gasteiger partial charge is 0.0461 e. The first-order valence-corrected chi connectivity index (χ1v) is 7.65. The Bertz CT molecular complexity index is 366. The molecule has 1 unspecified atom stereocenters. The van der Waals surface area contributed by atoms with E-state index in [2.05, 4.69) is 53.7 Å². The molecule has 0 aromatic heterocycles. The second-order valence-electron chi connectivity index (χ2n) is 4.94. The van der Waals surface area contributed by atoms with Crippen LogP contribution >= 0.6 is 15.9 Å². The number of nitrogens with two attached hydrogens (primary N) is 1. The second kappa shape index (κ2) is 7.80. The maximum Gasteiger partial charge on any atom is 0.0461 e. The first kappa shape index (κ1) is 15.5. The van der Waals surface area contributed by atoms with Crippen LogP contribution in [0.1, 0.15) is 45.6 Å². The van der Waals surface area contributed by atoms with Gasteiger partial charge in [0.1, 0.15) is 0 Å². The number of unbranched alkanes of at least 4 members (excludes halogenated alkanes) is 1. The number of nitrogens with zero attached hydrogens (tertiary/aromatic N) is 1. The zero-order valence-corrected chi connectivity index (χ0v) is 13.3. The lowest BCUT2D eigenvalue weighted by Gasteiger charge is -2.28. The van der Waals surface area contributed by atoms with Crippen molar-refractivity contribution in [3.63, 3.8) is 0 Å². The third kappa shape index (κ3) is 4.62. The van der Waals surface area contributed by atoms with Gasteiger partial charge in [0.25, 0.3) is 0 Å². The molecule has 1 aromatic carbocycles. The summed E-state index contributed by atoms with van der Waals surface area (Å²) in [6.07, 6.45) is 3.70. The number of anilines is 1. The SMILES string of the molecule is CCCCN(Cc1ccc(Br)c(N)c1)C(C)CC. The molecule has 0 saturated heterocycles. The summed E-state index contributed by atoms with van der Waals surface area (Å²) in [7, 11) is 0. The molecule has 1 aromatic rings. The lowest BCUT2D eigenvalue weighted by molar-refractivity contribution is 0.192. The zero-order chi connectivity index (χ0) is 13.5. The summed E-state index contributed by atoms with van der Waals surface area (Å²) in [6.45, 7) is 8.96. The van der Waals surface area contributed by atoms with Crippen molar-refractivity contribution >= 4 is 21.6 Å². The van der Waals surface area contributed by atoms with Crippen LogP contribution in [-0.2, 0) is 6.54 Å². The van der Waals surface area contributed by atoms with Crippen LogP contribution in [0, 0.1) is 0 Å². The molecule has 0 aliphatic rings. The summed E-state index contributed by atoms with van der Waals surface area (Å²) in [5.41, 5.74) is 8.06. The Morgan fingerprint density at radius 2 is 2.06 bits per heavy atom. The molecule has 18 heavy (non-hydrogen) atoms. The minimum Gasteiger partial charge on any atom is -0.398 e.